The van der Waals surface area contributed by atoms with Crippen LogP contribution in [0.2, 0.25) is 0 Å². The van der Waals surface area contributed by atoms with Crippen molar-refractivity contribution in [1.29, 1.82) is 0 Å². The summed E-state index contributed by atoms with van der Waals surface area (Å²) in [4.78, 5) is 29.5. The molecule has 1 saturated carbocycles. The average Bonchev–Trinajstić information content (AvgIpc) is 3.06. The number of nitrogens with one attached hydrogen (secondary N) is 2. The van der Waals surface area contributed by atoms with Gasteiger partial charge in [0.2, 0.25) is 5.91 Å². The van der Waals surface area contributed by atoms with Crippen molar-refractivity contribution in [3.63, 3.8) is 0 Å². The quantitative estimate of drug-likeness (QED) is 0.695. The van der Waals surface area contributed by atoms with Crippen LogP contribution >= 0.6 is 11.3 Å². The Kier molecular flexibility index (Phi) is 3.89. The summed E-state index contributed by atoms with van der Waals surface area (Å²) in [7, 11) is 3.64. The zero-order valence-corrected chi connectivity index (χ0v) is 11.7. The molecule has 1 aliphatic rings. The van der Waals surface area contributed by atoms with Crippen molar-refractivity contribution in [2.45, 2.75) is 18.9 Å². The Labute approximate surface area is 115 Å². The molecule has 1 fully saturated rings. The molecule has 1 heterocycles. The second-order valence-electron chi connectivity index (χ2n) is 4.63. The third-order valence-corrected chi connectivity index (χ3v) is 3.82. The minimum absolute atomic E-state index is 0.0377. The number of thiazole rings is 1. The molecule has 1 aromatic rings. The van der Waals surface area contributed by atoms with E-state index in [4.69, 9.17) is 5.73 Å². The number of amides is 2. The van der Waals surface area contributed by atoms with Crippen LogP contribution in [0.4, 0.5) is 10.9 Å². The summed E-state index contributed by atoms with van der Waals surface area (Å²) in [5, 5.41) is 6.00. The largest absolute Gasteiger partial charge is 0.382 e. The number of nitrogens with zero attached hydrogens (tertiary/aromatic N) is 2. The number of aromatic nitrogens is 1. The first kappa shape index (κ1) is 13.6. The van der Waals surface area contributed by atoms with Crippen LogP contribution in [0.5, 0.6) is 0 Å². The van der Waals surface area contributed by atoms with Crippen LogP contribution in [0, 0.1) is 0 Å². The van der Waals surface area contributed by atoms with Gasteiger partial charge in [-0.15, -0.1) is 0 Å². The highest BCUT2D eigenvalue weighted by Gasteiger charge is 2.23. The Bertz CT molecular complexity index is 495. The number of hydrogen-bond donors (Lipinski definition) is 3. The zero-order valence-electron chi connectivity index (χ0n) is 10.9. The molecule has 0 bridgehead atoms. The van der Waals surface area contributed by atoms with Crippen molar-refractivity contribution >= 4 is 34.1 Å². The van der Waals surface area contributed by atoms with Crippen LogP contribution in [0.15, 0.2) is 0 Å². The van der Waals surface area contributed by atoms with Gasteiger partial charge in [0.05, 0.1) is 6.54 Å². The topological polar surface area (TPSA) is 100 Å². The molecule has 1 aliphatic carbocycles. The van der Waals surface area contributed by atoms with E-state index in [0.717, 1.165) is 12.8 Å². The molecule has 0 atom stereocenters. The first-order valence-electron chi connectivity index (χ1n) is 5.98. The summed E-state index contributed by atoms with van der Waals surface area (Å²) in [6, 6.07) is 0.290. The lowest BCUT2D eigenvalue weighted by Gasteiger charge is -2.05. The van der Waals surface area contributed by atoms with E-state index >= 15 is 0 Å². The van der Waals surface area contributed by atoms with Gasteiger partial charge in [0.25, 0.3) is 5.91 Å². The average molecular weight is 283 g/mol. The molecule has 0 aromatic carbocycles. The van der Waals surface area contributed by atoms with Gasteiger partial charge in [-0.05, 0) is 12.8 Å². The molecule has 0 unspecified atom stereocenters. The summed E-state index contributed by atoms with van der Waals surface area (Å²) in [5.74, 6) is -0.352. The highest BCUT2D eigenvalue weighted by molar-refractivity contribution is 7.18. The van der Waals surface area contributed by atoms with Crippen LogP contribution in [-0.4, -0.2) is 43.5 Å². The van der Waals surface area contributed by atoms with E-state index in [1.54, 1.807) is 4.90 Å². The normalized spacial score (nSPS) is 14.0. The summed E-state index contributed by atoms with van der Waals surface area (Å²) in [6.45, 7) is -0.0377. The van der Waals surface area contributed by atoms with Gasteiger partial charge in [0.1, 0.15) is 10.7 Å². The van der Waals surface area contributed by atoms with E-state index in [-0.39, 0.29) is 24.2 Å². The molecule has 0 spiro atoms. The third kappa shape index (κ3) is 3.57. The Morgan fingerprint density at radius 2 is 2.16 bits per heavy atom. The van der Waals surface area contributed by atoms with Crippen LogP contribution in [0.3, 0.4) is 0 Å². The number of anilines is 2. The fraction of sp³-hybridized carbons (Fsp3) is 0.545. The number of carbonyl (C=O) groups excluding carboxylic acids is 2. The Balaban J connectivity index is 1.89. The molecule has 7 nitrogen and oxygen atoms in total. The standard InChI is InChI=1S/C11H17N5O2S/c1-16(2)11-15-9(12)8(19-11)10(18)13-5-7(17)14-6-3-4-6/h6H,3-5,12H2,1-2H3,(H,13,18)(H,14,17). The zero-order chi connectivity index (χ0) is 14.0. The summed E-state index contributed by atoms with van der Waals surface area (Å²) in [6.07, 6.45) is 2.04. The molecular formula is C11H17N5O2S. The maximum atomic E-state index is 11.9. The van der Waals surface area contributed by atoms with Crippen molar-refractivity contribution in [2.75, 3.05) is 31.3 Å². The van der Waals surface area contributed by atoms with Gasteiger partial charge >= 0.3 is 0 Å². The lowest BCUT2D eigenvalue weighted by atomic mass is 10.4. The third-order valence-electron chi connectivity index (χ3n) is 2.58. The lowest BCUT2D eigenvalue weighted by molar-refractivity contribution is -0.120. The molecule has 0 saturated heterocycles. The van der Waals surface area contributed by atoms with Crippen molar-refractivity contribution in [2.24, 2.45) is 0 Å². The van der Waals surface area contributed by atoms with Gasteiger partial charge in [-0.25, -0.2) is 4.98 Å². The SMILES string of the molecule is CN(C)c1nc(N)c(C(=O)NCC(=O)NC2CC2)s1. The second-order valence-corrected chi connectivity index (χ2v) is 5.61. The predicted octanol–water partition coefficient (Wildman–Crippen LogP) is -0.200. The molecule has 8 heteroatoms. The molecule has 19 heavy (non-hydrogen) atoms. The fourth-order valence-electron chi connectivity index (χ4n) is 1.42. The van der Waals surface area contributed by atoms with Gasteiger partial charge in [-0.1, -0.05) is 11.3 Å². The van der Waals surface area contributed by atoms with E-state index in [2.05, 4.69) is 15.6 Å². The lowest BCUT2D eigenvalue weighted by Crippen LogP contribution is -2.37. The molecule has 4 N–H and O–H groups in total. The first-order chi connectivity index (χ1) is 8.97. The number of carbonyl (C=O) groups is 2. The minimum atomic E-state index is -0.367. The van der Waals surface area contributed by atoms with E-state index in [1.165, 1.54) is 11.3 Å². The van der Waals surface area contributed by atoms with Crippen molar-refractivity contribution in [3.8, 4) is 0 Å². The van der Waals surface area contributed by atoms with Crippen LogP contribution < -0.4 is 21.3 Å². The number of nitrogens with two attached hydrogens (primary N) is 1. The Hall–Kier alpha value is -1.83. The van der Waals surface area contributed by atoms with Gasteiger partial charge in [-0.3, -0.25) is 9.59 Å². The van der Waals surface area contributed by atoms with E-state index in [1.807, 2.05) is 14.1 Å². The van der Waals surface area contributed by atoms with Crippen LogP contribution in [0.1, 0.15) is 22.5 Å². The number of rotatable bonds is 5. The van der Waals surface area contributed by atoms with E-state index in [9.17, 15) is 9.59 Å². The minimum Gasteiger partial charge on any atom is -0.382 e. The molecule has 1 aromatic heterocycles. The van der Waals surface area contributed by atoms with Crippen LogP contribution in [0.25, 0.3) is 0 Å². The van der Waals surface area contributed by atoms with Crippen molar-refractivity contribution in [1.82, 2.24) is 15.6 Å². The second kappa shape index (κ2) is 5.43. The van der Waals surface area contributed by atoms with Gasteiger partial charge < -0.3 is 21.3 Å². The maximum absolute atomic E-state index is 11.9. The number of nitrogen functional groups attached to an aromatic ring is 1. The molecule has 0 radical (unpaired) electrons. The Morgan fingerprint density at radius 3 is 2.68 bits per heavy atom. The smallest absolute Gasteiger partial charge is 0.265 e. The first-order valence-corrected chi connectivity index (χ1v) is 6.80. The molecular weight excluding hydrogens is 266 g/mol. The van der Waals surface area contributed by atoms with Crippen molar-refractivity contribution in [3.05, 3.63) is 4.88 Å². The molecule has 104 valence electrons. The van der Waals surface area contributed by atoms with Crippen molar-refractivity contribution < 1.29 is 9.59 Å². The van der Waals surface area contributed by atoms with Gasteiger partial charge in [0.15, 0.2) is 5.13 Å². The van der Waals surface area contributed by atoms with E-state index in [0.29, 0.717) is 16.1 Å². The fourth-order valence-corrected chi connectivity index (χ4v) is 2.25. The molecule has 2 amide bonds. The summed E-state index contributed by atoms with van der Waals surface area (Å²) in [5.41, 5.74) is 5.69. The van der Waals surface area contributed by atoms with E-state index < -0.39 is 0 Å². The monoisotopic (exact) mass is 283 g/mol. The maximum Gasteiger partial charge on any atom is 0.265 e. The number of hydrogen-bond acceptors (Lipinski definition) is 6. The summed E-state index contributed by atoms with van der Waals surface area (Å²) < 4.78 is 0. The van der Waals surface area contributed by atoms with Crippen LogP contribution in [-0.2, 0) is 4.79 Å². The summed E-state index contributed by atoms with van der Waals surface area (Å²) >= 11 is 1.20. The van der Waals surface area contributed by atoms with Gasteiger partial charge in [-0.2, -0.15) is 0 Å². The highest BCUT2D eigenvalue weighted by atomic mass is 32.1. The Morgan fingerprint density at radius 1 is 1.47 bits per heavy atom. The molecule has 0 aliphatic heterocycles. The highest BCUT2D eigenvalue weighted by Crippen LogP contribution is 2.26. The molecule has 2 rings (SSSR count). The van der Waals surface area contributed by atoms with Gasteiger partial charge in [0, 0.05) is 20.1 Å². The predicted molar refractivity (Wildman–Crippen MR) is 74.4 cm³/mol.